The third kappa shape index (κ3) is 3.45. The highest BCUT2D eigenvalue weighted by molar-refractivity contribution is 6.32. The van der Waals surface area contributed by atoms with Crippen LogP contribution in [0.5, 0.6) is 0 Å². The summed E-state index contributed by atoms with van der Waals surface area (Å²) in [6.07, 6.45) is 22.0. The van der Waals surface area contributed by atoms with Crippen LogP contribution >= 0.6 is 0 Å². The van der Waals surface area contributed by atoms with E-state index in [9.17, 15) is 0 Å². The van der Waals surface area contributed by atoms with Crippen LogP contribution in [0.3, 0.4) is 0 Å². The third-order valence-corrected chi connectivity index (χ3v) is 5.57. The summed E-state index contributed by atoms with van der Waals surface area (Å²) in [7, 11) is 0. The first kappa shape index (κ1) is 18.5. The first-order valence-corrected chi connectivity index (χ1v) is 10.5. The van der Waals surface area contributed by atoms with E-state index >= 15 is 0 Å². The maximum absolute atomic E-state index is 5.79. The molecule has 152 valence electrons. The number of hydrogen-bond donors (Lipinski definition) is 1. The van der Waals surface area contributed by atoms with Gasteiger partial charge in [-0.2, -0.15) is 0 Å². The lowest BCUT2D eigenvalue weighted by Gasteiger charge is -2.09. The van der Waals surface area contributed by atoms with Crippen molar-refractivity contribution in [3.8, 4) is 0 Å². The number of rotatable bonds is 2. The molecule has 0 fully saturated rings. The highest BCUT2D eigenvalue weighted by Crippen LogP contribution is 2.30. The van der Waals surface area contributed by atoms with Crippen LogP contribution in [0.25, 0.3) is 5.57 Å². The lowest BCUT2D eigenvalue weighted by Crippen LogP contribution is -2.01. The van der Waals surface area contributed by atoms with Gasteiger partial charge in [0.1, 0.15) is 0 Å². The van der Waals surface area contributed by atoms with Gasteiger partial charge >= 0.3 is 0 Å². The number of aliphatic imine (C=N–C) groups is 4. The van der Waals surface area contributed by atoms with Crippen LogP contribution in [0.15, 0.2) is 134 Å². The van der Waals surface area contributed by atoms with Gasteiger partial charge in [0.25, 0.3) is 0 Å². The van der Waals surface area contributed by atoms with E-state index in [1.54, 1.807) is 0 Å². The topological polar surface area (TPSA) is 75.5 Å². The Balaban J connectivity index is 1.54. The lowest BCUT2D eigenvalue weighted by molar-refractivity contribution is 1.07. The van der Waals surface area contributed by atoms with E-state index in [2.05, 4.69) is 34.3 Å². The number of hydrogen-bond acceptors (Lipinski definition) is 5. The van der Waals surface area contributed by atoms with Gasteiger partial charge in [-0.25, -0.2) is 20.0 Å². The summed E-state index contributed by atoms with van der Waals surface area (Å²) in [6.45, 7) is 0.512. The molecular weight excluding hydrogens is 394 g/mol. The van der Waals surface area contributed by atoms with Crippen LogP contribution in [-0.4, -0.2) is 22.8 Å². The van der Waals surface area contributed by atoms with Gasteiger partial charge in [0.2, 0.25) is 0 Å². The number of allylic oxidation sites excluding steroid dienone is 12. The summed E-state index contributed by atoms with van der Waals surface area (Å²) in [5.41, 5.74) is 15.9. The molecule has 1 aromatic rings. The second-order valence-corrected chi connectivity index (χ2v) is 7.81. The fraction of sp³-hybridized carbons (Fsp3) is 0.0370. The van der Waals surface area contributed by atoms with Gasteiger partial charge in [0.15, 0.2) is 0 Å². The summed E-state index contributed by atoms with van der Waals surface area (Å²) < 4.78 is 0. The summed E-state index contributed by atoms with van der Waals surface area (Å²) in [4.78, 5) is 19.1. The van der Waals surface area contributed by atoms with E-state index in [1.165, 1.54) is 0 Å². The van der Waals surface area contributed by atoms with Crippen molar-refractivity contribution in [1.29, 1.82) is 0 Å². The highest BCUT2D eigenvalue weighted by atomic mass is 14.8. The predicted octanol–water partition coefficient (Wildman–Crippen LogP) is 4.56. The van der Waals surface area contributed by atoms with E-state index in [4.69, 9.17) is 15.7 Å². The van der Waals surface area contributed by atoms with Crippen molar-refractivity contribution in [2.24, 2.45) is 25.7 Å². The Morgan fingerprint density at radius 3 is 1.78 bits per heavy atom. The van der Waals surface area contributed by atoms with Gasteiger partial charge in [-0.05, 0) is 78.0 Å². The zero-order valence-electron chi connectivity index (χ0n) is 17.2. The molecule has 0 saturated heterocycles. The molecular formula is C27H19N5. The maximum Gasteiger partial charge on any atom is 0.0737 e. The Bertz CT molecular complexity index is 1410. The molecule has 5 aliphatic heterocycles. The second kappa shape index (κ2) is 7.48. The van der Waals surface area contributed by atoms with Gasteiger partial charge in [0.05, 0.1) is 45.6 Å². The minimum absolute atomic E-state index is 0.512. The Morgan fingerprint density at radius 1 is 0.562 bits per heavy atom. The standard InChI is InChI=1S/C27H19N5/c28-16-17-1-3-18(4-2-17)27-25-11-9-23(31-25)14-21-7-5-19(29-21)13-20-6-8-22(30-20)15-24-10-12-26(27)32-24/h1-15H,16,28H2. The van der Waals surface area contributed by atoms with E-state index in [-0.39, 0.29) is 0 Å². The number of fused-ring (bicyclic) bond motifs is 4. The summed E-state index contributed by atoms with van der Waals surface area (Å²) >= 11 is 0. The molecule has 0 unspecified atom stereocenters. The quantitative estimate of drug-likeness (QED) is 0.758. The van der Waals surface area contributed by atoms with Crippen LogP contribution in [0, 0.1) is 0 Å². The van der Waals surface area contributed by atoms with Crippen molar-refractivity contribution in [2.75, 3.05) is 0 Å². The molecule has 0 amide bonds. The smallest absolute Gasteiger partial charge is 0.0737 e. The second-order valence-electron chi connectivity index (χ2n) is 7.81. The van der Waals surface area contributed by atoms with Crippen LogP contribution < -0.4 is 5.73 Å². The molecule has 0 aliphatic carbocycles. The molecule has 1 aromatic carbocycles. The average molecular weight is 413 g/mol. The van der Waals surface area contributed by atoms with Crippen LogP contribution in [0.1, 0.15) is 11.1 Å². The highest BCUT2D eigenvalue weighted by Gasteiger charge is 2.19. The molecule has 0 spiro atoms. The van der Waals surface area contributed by atoms with E-state index in [0.29, 0.717) is 6.54 Å². The third-order valence-electron chi connectivity index (χ3n) is 5.57. The SMILES string of the molecule is NCc1ccc(C2=C3C=CC(=N3)C=C3C=CC(=N3)C=C3C=CC(=N3)C=C3C=CC2=N3)cc1. The molecule has 2 N–H and O–H groups in total. The minimum atomic E-state index is 0.512. The van der Waals surface area contributed by atoms with Crippen molar-refractivity contribution >= 4 is 28.4 Å². The maximum atomic E-state index is 5.79. The molecule has 5 heteroatoms. The van der Waals surface area contributed by atoms with Crippen molar-refractivity contribution in [1.82, 2.24) is 0 Å². The molecule has 0 radical (unpaired) electrons. The van der Waals surface area contributed by atoms with E-state index < -0.39 is 0 Å². The van der Waals surface area contributed by atoms with Crippen molar-refractivity contribution in [3.05, 3.63) is 125 Å². The van der Waals surface area contributed by atoms with Crippen LogP contribution in [0.4, 0.5) is 0 Å². The van der Waals surface area contributed by atoms with Crippen molar-refractivity contribution in [3.63, 3.8) is 0 Å². The van der Waals surface area contributed by atoms with E-state index in [1.807, 2.05) is 66.8 Å². The zero-order valence-corrected chi connectivity index (χ0v) is 17.2. The van der Waals surface area contributed by atoms with E-state index in [0.717, 1.165) is 62.3 Å². The Hall–Kier alpha value is -4.22. The summed E-state index contributed by atoms with van der Waals surface area (Å²) in [5.74, 6) is 0. The van der Waals surface area contributed by atoms with Crippen molar-refractivity contribution in [2.45, 2.75) is 6.54 Å². The molecule has 32 heavy (non-hydrogen) atoms. The molecule has 0 aromatic heterocycles. The van der Waals surface area contributed by atoms with Gasteiger partial charge in [-0.3, -0.25) is 0 Å². The molecule has 5 aliphatic rings. The number of nitrogens with two attached hydrogens (primary N) is 1. The lowest BCUT2D eigenvalue weighted by atomic mass is 9.97. The molecule has 0 atom stereocenters. The summed E-state index contributed by atoms with van der Waals surface area (Å²) in [5, 5.41) is 0. The Labute approximate surface area is 185 Å². The fourth-order valence-corrected chi connectivity index (χ4v) is 3.99. The number of nitrogens with zero attached hydrogens (tertiary/aromatic N) is 4. The monoisotopic (exact) mass is 413 g/mol. The average Bonchev–Trinajstić information content (AvgIpc) is 3.60. The van der Waals surface area contributed by atoms with Gasteiger partial charge in [-0.15, -0.1) is 0 Å². The van der Waals surface area contributed by atoms with Gasteiger partial charge in [0, 0.05) is 12.1 Å². The molecule has 5 nitrogen and oxygen atoms in total. The molecule has 5 heterocycles. The molecule has 8 bridgehead atoms. The largest absolute Gasteiger partial charge is 0.326 e. The Morgan fingerprint density at radius 2 is 1.12 bits per heavy atom. The summed E-state index contributed by atoms with van der Waals surface area (Å²) in [6, 6.07) is 8.26. The minimum Gasteiger partial charge on any atom is -0.326 e. The first-order valence-electron chi connectivity index (χ1n) is 10.5. The molecule has 6 rings (SSSR count). The normalized spacial score (nSPS) is 20.2. The Kier molecular flexibility index (Phi) is 4.33. The number of benzene rings is 1. The molecule has 0 saturated carbocycles. The van der Waals surface area contributed by atoms with Crippen LogP contribution in [-0.2, 0) is 6.54 Å². The zero-order chi connectivity index (χ0) is 21.5. The van der Waals surface area contributed by atoms with Crippen LogP contribution in [0.2, 0.25) is 0 Å². The van der Waals surface area contributed by atoms with Gasteiger partial charge in [-0.1, -0.05) is 24.3 Å². The predicted molar refractivity (Wildman–Crippen MR) is 132 cm³/mol. The fourth-order valence-electron chi connectivity index (χ4n) is 3.99. The first-order chi connectivity index (χ1) is 15.7. The van der Waals surface area contributed by atoms with Gasteiger partial charge < -0.3 is 5.73 Å². The van der Waals surface area contributed by atoms with Crippen molar-refractivity contribution < 1.29 is 0 Å².